The van der Waals surface area contributed by atoms with E-state index in [2.05, 4.69) is 15.6 Å². The van der Waals surface area contributed by atoms with Crippen LogP contribution in [0.3, 0.4) is 0 Å². The molecule has 8 heteroatoms. The van der Waals surface area contributed by atoms with E-state index in [1.54, 1.807) is 6.92 Å². The first-order valence-electron chi connectivity index (χ1n) is 8.23. The van der Waals surface area contributed by atoms with E-state index in [4.69, 9.17) is 4.74 Å². The Morgan fingerprint density at radius 2 is 2.04 bits per heavy atom. The molecule has 1 heterocycles. The number of ether oxygens (including phenoxy) is 1. The summed E-state index contributed by atoms with van der Waals surface area (Å²) in [6, 6.07) is 3.11. The lowest BCUT2D eigenvalue weighted by Gasteiger charge is -2.30. The molecular formula is C17H26F2IN3O2. The van der Waals surface area contributed by atoms with Crippen molar-refractivity contribution in [1.82, 2.24) is 10.6 Å². The zero-order valence-corrected chi connectivity index (χ0v) is 16.8. The van der Waals surface area contributed by atoms with Crippen molar-refractivity contribution >= 4 is 29.9 Å². The fourth-order valence-electron chi connectivity index (χ4n) is 2.59. The van der Waals surface area contributed by atoms with Crippen LogP contribution in [0.1, 0.15) is 38.3 Å². The molecule has 25 heavy (non-hydrogen) atoms. The molecule has 1 fully saturated rings. The number of aliphatic hydroxyl groups is 1. The Labute approximate surface area is 164 Å². The number of nitrogens with one attached hydrogen (secondary N) is 2. The van der Waals surface area contributed by atoms with E-state index in [0.717, 1.165) is 6.07 Å². The Hall–Kier alpha value is -1.00. The summed E-state index contributed by atoms with van der Waals surface area (Å²) in [5, 5.41) is 16.6. The van der Waals surface area contributed by atoms with E-state index in [-0.39, 0.29) is 30.5 Å². The minimum absolute atomic E-state index is 0. The summed E-state index contributed by atoms with van der Waals surface area (Å²) in [5.74, 6) is -0.728. The predicted octanol–water partition coefficient (Wildman–Crippen LogP) is 2.74. The average Bonchev–Trinajstić information content (AvgIpc) is 2.53. The van der Waals surface area contributed by atoms with Gasteiger partial charge in [0.25, 0.3) is 0 Å². The fourth-order valence-corrected chi connectivity index (χ4v) is 2.59. The van der Waals surface area contributed by atoms with Crippen molar-refractivity contribution in [2.24, 2.45) is 4.99 Å². The van der Waals surface area contributed by atoms with Gasteiger partial charge in [-0.15, -0.1) is 24.0 Å². The summed E-state index contributed by atoms with van der Waals surface area (Å²) < 4.78 is 32.2. The summed E-state index contributed by atoms with van der Waals surface area (Å²) >= 11 is 0. The van der Waals surface area contributed by atoms with Gasteiger partial charge in [0.1, 0.15) is 11.6 Å². The first kappa shape index (κ1) is 22.0. The number of aliphatic imine (C=N–C) groups is 1. The molecule has 0 radical (unpaired) electrons. The number of hydrogen-bond acceptors (Lipinski definition) is 3. The van der Waals surface area contributed by atoms with Crippen LogP contribution >= 0.6 is 24.0 Å². The highest BCUT2D eigenvalue weighted by atomic mass is 127. The standard InChI is InChI=1S/C17H25F2N3O2.HI/c1-3-20-16(21-11-17(23)6-8-24-9-7-17)22-12(2)14-5-4-13(18)10-15(14)19;/h4-5,10,12,23H,3,6-9,11H2,1-2H3,(H2,20,21,22);1H. The molecule has 0 saturated carbocycles. The van der Waals surface area contributed by atoms with Gasteiger partial charge in [0.2, 0.25) is 0 Å². The summed E-state index contributed by atoms with van der Waals surface area (Å²) in [5.41, 5.74) is -0.517. The van der Waals surface area contributed by atoms with E-state index >= 15 is 0 Å². The van der Waals surface area contributed by atoms with Gasteiger partial charge in [0, 0.05) is 44.2 Å². The van der Waals surface area contributed by atoms with Crippen molar-refractivity contribution in [3.63, 3.8) is 0 Å². The van der Waals surface area contributed by atoms with Crippen molar-refractivity contribution < 1.29 is 18.6 Å². The summed E-state index contributed by atoms with van der Waals surface area (Å²) in [6.45, 7) is 5.60. The third kappa shape index (κ3) is 6.67. The minimum Gasteiger partial charge on any atom is -0.388 e. The lowest BCUT2D eigenvalue weighted by Crippen LogP contribution is -2.43. The maximum atomic E-state index is 13.9. The number of benzene rings is 1. The summed E-state index contributed by atoms with van der Waals surface area (Å²) in [7, 11) is 0. The molecule has 0 spiro atoms. The van der Waals surface area contributed by atoms with Crippen LogP contribution in [0.25, 0.3) is 0 Å². The van der Waals surface area contributed by atoms with Crippen LogP contribution in [0.4, 0.5) is 8.78 Å². The quantitative estimate of drug-likeness (QED) is 0.353. The van der Waals surface area contributed by atoms with Crippen LogP contribution in [0.2, 0.25) is 0 Å². The largest absolute Gasteiger partial charge is 0.388 e. The molecule has 1 aromatic carbocycles. The topological polar surface area (TPSA) is 65.9 Å². The van der Waals surface area contributed by atoms with Gasteiger partial charge in [-0.25, -0.2) is 8.78 Å². The first-order valence-corrected chi connectivity index (χ1v) is 8.23. The maximum absolute atomic E-state index is 13.9. The van der Waals surface area contributed by atoms with Crippen LogP contribution in [-0.4, -0.2) is 43.0 Å². The highest BCUT2D eigenvalue weighted by molar-refractivity contribution is 14.0. The van der Waals surface area contributed by atoms with Crippen LogP contribution in [0, 0.1) is 11.6 Å². The molecule has 142 valence electrons. The van der Waals surface area contributed by atoms with Gasteiger partial charge >= 0.3 is 0 Å². The van der Waals surface area contributed by atoms with E-state index in [9.17, 15) is 13.9 Å². The van der Waals surface area contributed by atoms with E-state index in [1.807, 2.05) is 6.92 Å². The highest BCUT2D eigenvalue weighted by Gasteiger charge is 2.29. The van der Waals surface area contributed by atoms with Crippen molar-refractivity contribution in [2.45, 2.75) is 38.3 Å². The zero-order chi connectivity index (χ0) is 17.6. The monoisotopic (exact) mass is 469 g/mol. The van der Waals surface area contributed by atoms with E-state index in [1.165, 1.54) is 12.1 Å². The van der Waals surface area contributed by atoms with Gasteiger partial charge in [-0.2, -0.15) is 0 Å². The molecule has 1 aliphatic heterocycles. The Kier molecular flexibility index (Phi) is 9.01. The number of nitrogens with zero attached hydrogens (tertiary/aromatic N) is 1. The summed E-state index contributed by atoms with van der Waals surface area (Å²) in [4.78, 5) is 4.41. The third-order valence-corrected chi connectivity index (χ3v) is 4.08. The minimum atomic E-state index is -0.870. The molecule has 3 N–H and O–H groups in total. The molecule has 2 rings (SSSR count). The van der Waals surface area contributed by atoms with Gasteiger partial charge in [0.15, 0.2) is 5.96 Å². The molecule has 1 aliphatic rings. The molecule has 1 saturated heterocycles. The average molecular weight is 469 g/mol. The zero-order valence-electron chi connectivity index (χ0n) is 14.5. The molecule has 0 aliphatic carbocycles. The van der Waals surface area contributed by atoms with Crippen molar-refractivity contribution in [3.8, 4) is 0 Å². The predicted molar refractivity (Wildman–Crippen MR) is 104 cm³/mol. The number of halogens is 3. The lowest BCUT2D eigenvalue weighted by atomic mass is 9.95. The second-order valence-electron chi connectivity index (χ2n) is 6.06. The molecule has 0 bridgehead atoms. The molecule has 0 aromatic heterocycles. The van der Waals surface area contributed by atoms with Crippen molar-refractivity contribution in [1.29, 1.82) is 0 Å². The lowest BCUT2D eigenvalue weighted by molar-refractivity contribution is -0.0566. The Balaban J connectivity index is 0.00000312. The van der Waals surface area contributed by atoms with Crippen molar-refractivity contribution in [3.05, 3.63) is 35.4 Å². The van der Waals surface area contributed by atoms with Crippen LogP contribution in [0.15, 0.2) is 23.2 Å². The molecular weight excluding hydrogens is 443 g/mol. The molecule has 5 nitrogen and oxygen atoms in total. The van der Waals surface area contributed by atoms with Gasteiger partial charge in [-0.1, -0.05) is 6.07 Å². The normalized spacial score (nSPS) is 18.2. The SMILES string of the molecule is CCNC(=NCC1(O)CCOCC1)NC(C)c1ccc(F)cc1F.I. The second kappa shape index (κ2) is 10.2. The molecule has 1 unspecified atom stereocenters. The summed E-state index contributed by atoms with van der Waals surface area (Å²) in [6.07, 6.45) is 1.08. The Morgan fingerprint density at radius 3 is 2.64 bits per heavy atom. The molecule has 1 aromatic rings. The van der Waals surface area contributed by atoms with Gasteiger partial charge in [-0.05, 0) is 19.9 Å². The Morgan fingerprint density at radius 1 is 1.36 bits per heavy atom. The number of rotatable bonds is 5. The smallest absolute Gasteiger partial charge is 0.191 e. The van der Waals surface area contributed by atoms with E-state index in [0.29, 0.717) is 44.1 Å². The number of hydrogen-bond donors (Lipinski definition) is 3. The first-order chi connectivity index (χ1) is 11.4. The van der Waals surface area contributed by atoms with Gasteiger partial charge < -0.3 is 20.5 Å². The molecule has 0 amide bonds. The van der Waals surface area contributed by atoms with Crippen LogP contribution in [0.5, 0.6) is 0 Å². The third-order valence-electron chi connectivity index (χ3n) is 4.08. The fraction of sp³-hybridized carbons (Fsp3) is 0.588. The molecule has 1 atom stereocenters. The van der Waals surface area contributed by atoms with E-state index < -0.39 is 23.3 Å². The second-order valence-corrected chi connectivity index (χ2v) is 6.06. The van der Waals surface area contributed by atoms with Crippen molar-refractivity contribution in [2.75, 3.05) is 26.3 Å². The van der Waals surface area contributed by atoms with Crippen LogP contribution < -0.4 is 10.6 Å². The Bertz CT molecular complexity index is 581. The van der Waals surface area contributed by atoms with Gasteiger partial charge in [-0.3, -0.25) is 4.99 Å². The number of guanidine groups is 1. The maximum Gasteiger partial charge on any atom is 0.191 e. The highest BCUT2D eigenvalue weighted by Crippen LogP contribution is 2.21. The van der Waals surface area contributed by atoms with Gasteiger partial charge in [0.05, 0.1) is 18.2 Å². The van der Waals surface area contributed by atoms with Crippen LogP contribution in [-0.2, 0) is 4.74 Å².